The maximum Gasteiger partial charge on any atom is 0.481 e. The van der Waals surface area contributed by atoms with Gasteiger partial charge in [-0.15, -0.1) is 0 Å². The Balaban J connectivity index is 2.03. The Morgan fingerprint density at radius 3 is 2.42 bits per heavy atom. The monoisotopic (exact) mass is 535 g/mol. The van der Waals surface area contributed by atoms with Crippen molar-refractivity contribution in [1.82, 2.24) is 16.0 Å². The van der Waals surface area contributed by atoms with Crippen molar-refractivity contribution >= 4 is 58.1 Å². The van der Waals surface area contributed by atoms with Crippen molar-refractivity contribution in [2.24, 2.45) is 5.92 Å². The van der Waals surface area contributed by atoms with Crippen LogP contribution < -0.4 is 16.0 Å². The number of nitrogens with one attached hydrogen (secondary N) is 3. The fraction of sp³-hybridized carbons (Fsp3) is 0.600. The summed E-state index contributed by atoms with van der Waals surface area (Å²) < 4.78 is 12.6. The molecule has 11 heteroatoms. The Bertz CT molecular complexity index is 775. The topological polar surface area (TPSA) is 88.7 Å². The molecule has 2 unspecified atom stereocenters. The first-order valence-electron chi connectivity index (χ1n) is 10.3. The van der Waals surface area contributed by atoms with Gasteiger partial charge in [0.15, 0.2) is 0 Å². The zero-order chi connectivity index (χ0) is 23.1. The molecule has 1 aliphatic rings. The van der Waals surface area contributed by atoms with Crippen LogP contribution in [0.3, 0.4) is 0 Å². The lowest BCUT2D eigenvalue weighted by atomic mass is 9.73. The van der Waals surface area contributed by atoms with E-state index in [9.17, 15) is 9.59 Å². The first-order chi connectivity index (χ1) is 14.6. The van der Waals surface area contributed by atoms with Gasteiger partial charge in [-0.2, -0.15) is 0 Å². The number of amides is 2. The smallest absolute Gasteiger partial charge is 0.406 e. The van der Waals surface area contributed by atoms with Gasteiger partial charge in [-0.1, -0.05) is 37.0 Å². The molecule has 172 valence electrons. The van der Waals surface area contributed by atoms with Crippen LogP contribution in [0.25, 0.3) is 0 Å². The van der Waals surface area contributed by atoms with Gasteiger partial charge < -0.3 is 25.3 Å². The van der Waals surface area contributed by atoms with Crippen molar-refractivity contribution in [1.29, 1.82) is 0 Å². The van der Waals surface area contributed by atoms with Crippen LogP contribution in [0.2, 0.25) is 10.0 Å². The highest BCUT2D eigenvalue weighted by molar-refractivity contribution is 9.10. The molecule has 0 aliphatic carbocycles. The number of carbonyl (C=O) groups excluding carboxylic acids is 2. The second-order valence-electron chi connectivity index (χ2n) is 8.12. The Labute approximate surface area is 202 Å². The molecule has 0 saturated carbocycles. The maximum absolute atomic E-state index is 12.6. The number of benzene rings is 1. The highest BCUT2D eigenvalue weighted by Gasteiger charge is 2.36. The minimum absolute atomic E-state index is 0.0652. The Morgan fingerprint density at radius 2 is 1.84 bits per heavy atom. The van der Waals surface area contributed by atoms with Crippen LogP contribution >= 0.6 is 39.1 Å². The molecule has 1 fully saturated rings. The number of halogens is 3. The average molecular weight is 537 g/mol. The van der Waals surface area contributed by atoms with Crippen LogP contribution in [0.1, 0.15) is 44.5 Å². The third-order valence-electron chi connectivity index (χ3n) is 4.68. The van der Waals surface area contributed by atoms with Crippen LogP contribution in [-0.2, 0) is 14.1 Å². The summed E-state index contributed by atoms with van der Waals surface area (Å²) in [6, 6.07) is 3.21. The summed E-state index contributed by atoms with van der Waals surface area (Å²) in [5.74, 6) is -0.932. The summed E-state index contributed by atoms with van der Waals surface area (Å²) in [4.78, 5) is 25.2. The van der Waals surface area contributed by atoms with E-state index in [-0.39, 0.29) is 46.2 Å². The molecule has 7 nitrogen and oxygen atoms in total. The van der Waals surface area contributed by atoms with E-state index in [4.69, 9.17) is 32.5 Å². The van der Waals surface area contributed by atoms with Crippen LogP contribution in [0.4, 0.5) is 0 Å². The van der Waals surface area contributed by atoms with E-state index in [2.05, 4.69) is 45.7 Å². The highest BCUT2D eigenvalue weighted by Crippen LogP contribution is 2.31. The lowest BCUT2D eigenvalue weighted by Crippen LogP contribution is -2.56. The largest absolute Gasteiger partial charge is 0.481 e. The molecular formula is C20H29BBrCl2N3O4. The van der Waals surface area contributed by atoms with Gasteiger partial charge in [0, 0.05) is 17.6 Å². The van der Waals surface area contributed by atoms with Gasteiger partial charge in [0.25, 0.3) is 5.91 Å². The molecule has 0 radical (unpaired) electrons. The standard InChI is InChI=1S/C20H29BBrCl2N3O4/c1-11(2)7-16(21-30-12(3)8-25-9-13(4)31-21)27-17(28)10-26-20(29)18-15(23)6-5-14(22)19(18)24/h5-6,11-13,16,25H,7-10H2,1-4H3,(H,26,29)(H,27,28)/t12?,13?,16-/m0/s1. The molecule has 1 aromatic carbocycles. The number of hydrogen-bond donors (Lipinski definition) is 3. The van der Waals surface area contributed by atoms with Gasteiger partial charge in [0.2, 0.25) is 5.91 Å². The van der Waals surface area contributed by atoms with Crippen molar-refractivity contribution in [3.63, 3.8) is 0 Å². The zero-order valence-electron chi connectivity index (χ0n) is 18.1. The molecule has 0 aromatic heterocycles. The van der Waals surface area contributed by atoms with Gasteiger partial charge in [0.1, 0.15) is 0 Å². The summed E-state index contributed by atoms with van der Waals surface area (Å²) in [5.41, 5.74) is 0.117. The van der Waals surface area contributed by atoms with E-state index >= 15 is 0 Å². The molecule has 2 rings (SSSR count). The summed E-state index contributed by atoms with van der Waals surface area (Å²) in [5, 5.41) is 9.21. The van der Waals surface area contributed by atoms with E-state index < -0.39 is 13.0 Å². The summed E-state index contributed by atoms with van der Waals surface area (Å²) in [6.45, 7) is 9.23. The van der Waals surface area contributed by atoms with Gasteiger partial charge in [-0.25, -0.2) is 0 Å². The number of carbonyl (C=O) groups is 2. The Kier molecular flexibility index (Phi) is 10.6. The fourth-order valence-corrected chi connectivity index (χ4v) is 4.13. The second kappa shape index (κ2) is 12.4. The minimum Gasteiger partial charge on any atom is -0.406 e. The average Bonchev–Trinajstić information content (AvgIpc) is 2.67. The first kappa shape index (κ1) is 26.4. The second-order valence-corrected chi connectivity index (χ2v) is 9.76. The first-order valence-corrected chi connectivity index (χ1v) is 11.9. The molecule has 1 heterocycles. The molecule has 0 spiro atoms. The summed E-state index contributed by atoms with van der Waals surface area (Å²) in [6.07, 6.45) is 0.537. The van der Waals surface area contributed by atoms with Crippen LogP contribution in [0.5, 0.6) is 0 Å². The summed E-state index contributed by atoms with van der Waals surface area (Å²) >= 11 is 15.6. The lowest BCUT2D eigenvalue weighted by Gasteiger charge is -2.32. The Hall–Kier alpha value is -0.835. The molecule has 3 N–H and O–H groups in total. The molecule has 2 amide bonds. The molecule has 1 aliphatic heterocycles. The van der Waals surface area contributed by atoms with E-state index in [1.807, 2.05) is 13.8 Å². The molecule has 1 aromatic rings. The predicted octanol–water partition coefficient (Wildman–Crippen LogP) is 3.46. The van der Waals surface area contributed by atoms with Gasteiger partial charge in [0.05, 0.1) is 40.3 Å². The van der Waals surface area contributed by atoms with Crippen LogP contribution in [0, 0.1) is 5.92 Å². The summed E-state index contributed by atoms with van der Waals surface area (Å²) in [7, 11) is -0.580. The van der Waals surface area contributed by atoms with Crippen molar-refractivity contribution < 1.29 is 18.9 Å². The predicted molar refractivity (Wildman–Crippen MR) is 128 cm³/mol. The molecular weight excluding hydrogens is 508 g/mol. The van der Waals surface area contributed by atoms with Gasteiger partial charge in [-0.3, -0.25) is 9.59 Å². The van der Waals surface area contributed by atoms with E-state index in [0.717, 1.165) is 0 Å². The highest BCUT2D eigenvalue weighted by atomic mass is 79.9. The van der Waals surface area contributed by atoms with E-state index in [1.54, 1.807) is 12.1 Å². The third-order valence-corrected chi connectivity index (χ3v) is 6.27. The van der Waals surface area contributed by atoms with Crippen LogP contribution in [-0.4, -0.2) is 56.7 Å². The third kappa shape index (κ3) is 8.22. The normalized spacial score (nSPS) is 20.7. The van der Waals surface area contributed by atoms with Crippen LogP contribution in [0.15, 0.2) is 16.6 Å². The zero-order valence-corrected chi connectivity index (χ0v) is 21.2. The van der Waals surface area contributed by atoms with Crippen molar-refractivity contribution in [2.45, 2.75) is 52.3 Å². The Morgan fingerprint density at radius 1 is 1.23 bits per heavy atom. The van der Waals surface area contributed by atoms with E-state index in [1.165, 1.54) is 0 Å². The number of rotatable bonds is 7. The molecule has 0 bridgehead atoms. The quantitative estimate of drug-likeness (QED) is 0.367. The minimum atomic E-state index is -0.580. The van der Waals surface area contributed by atoms with Crippen molar-refractivity contribution in [3.05, 3.63) is 32.2 Å². The maximum atomic E-state index is 12.6. The molecule has 1 saturated heterocycles. The molecule has 3 atom stereocenters. The van der Waals surface area contributed by atoms with Crippen molar-refractivity contribution in [2.75, 3.05) is 19.6 Å². The lowest BCUT2D eigenvalue weighted by molar-refractivity contribution is -0.120. The number of hydrogen-bond acceptors (Lipinski definition) is 5. The van der Waals surface area contributed by atoms with Gasteiger partial charge in [-0.05, 0) is 54.2 Å². The molecule has 31 heavy (non-hydrogen) atoms. The van der Waals surface area contributed by atoms with E-state index in [0.29, 0.717) is 29.9 Å². The fourth-order valence-electron chi connectivity index (χ4n) is 3.25. The van der Waals surface area contributed by atoms with Crippen molar-refractivity contribution in [3.8, 4) is 0 Å². The van der Waals surface area contributed by atoms with Gasteiger partial charge >= 0.3 is 7.12 Å². The SMILES string of the molecule is CC(C)C[C@H](NC(=O)CNC(=O)c1c(Cl)ccc(Br)c1Cl)B1OC(C)CNCC(C)O1.